The van der Waals surface area contributed by atoms with E-state index in [-0.39, 0.29) is 0 Å². The Balaban J connectivity index is 1.56. The average molecular weight is 310 g/mol. The quantitative estimate of drug-likeness (QED) is 0.727. The first-order valence-electron chi connectivity index (χ1n) is 7.57. The lowest BCUT2D eigenvalue weighted by Crippen LogP contribution is -2.46. The van der Waals surface area contributed by atoms with Gasteiger partial charge in [0.15, 0.2) is 0 Å². The second-order valence-electron chi connectivity index (χ2n) is 5.58. The third kappa shape index (κ3) is 2.41. The van der Waals surface area contributed by atoms with Gasteiger partial charge in [0.1, 0.15) is 17.0 Å². The third-order valence-electron chi connectivity index (χ3n) is 4.13. The molecule has 0 aliphatic carbocycles. The number of hydrogen-bond acceptors (Lipinski definition) is 5. The van der Waals surface area contributed by atoms with Crippen LogP contribution in [0.2, 0.25) is 0 Å². The Morgan fingerprint density at radius 3 is 2.45 bits per heavy atom. The van der Waals surface area contributed by atoms with E-state index in [1.807, 2.05) is 0 Å². The minimum Gasteiger partial charge on any atom is -0.368 e. The summed E-state index contributed by atoms with van der Waals surface area (Å²) in [7, 11) is 0. The predicted octanol–water partition coefficient (Wildman–Crippen LogP) is 3.33. The Morgan fingerprint density at radius 1 is 0.955 bits per heavy atom. The highest BCUT2D eigenvalue weighted by Crippen LogP contribution is 2.30. The number of thiophene rings is 1. The van der Waals surface area contributed by atoms with Crippen LogP contribution in [0.4, 0.5) is 11.5 Å². The highest BCUT2D eigenvalue weighted by atomic mass is 32.1. The molecule has 1 saturated heterocycles. The molecule has 0 radical (unpaired) electrons. The van der Waals surface area contributed by atoms with Crippen molar-refractivity contribution in [3.8, 4) is 0 Å². The van der Waals surface area contributed by atoms with Crippen LogP contribution in [0.3, 0.4) is 0 Å². The molecule has 4 rings (SSSR count). The molecule has 0 saturated carbocycles. The first-order valence-corrected chi connectivity index (χ1v) is 8.39. The number of benzene rings is 1. The number of nitrogens with zero attached hydrogens (tertiary/aromatic N) is 4. The lowest BCUT2D eigenvalue weighted by atomic mass is 10.2. The van der Waals surface area contributed by atoms with Gasteiger partial charge in [-0.15, -0.1) is 11.3 Å². The molecule has 3 heterocycles. The van der Waals surface area contributed by atoms with Gasteiger partial charge in [0.05, 0.1) is 5.39 Å². The molecule has 112 valence electrons. The standard InChI is InChI=1S/C17H18N4S/c1-13-11-15-16(18-12-19-17(15)22-13)21-9-7-20(8-10-21)14-5-3-2-4-6-14/h2-6,11-12H,7-10H2,1H3. The zero-order valence-corrected chi connectivity index (χ0v) is 13.4. The summed E-state index contributed by atoms with van der Waals surface area (Å²) in [5, 5.41) is 1.19. The van der Waals surface area contributed by atoms with Crippen LogP contribution in [-0.4, -0.2) is 36.1 Å². The number of aryl methyl sites for hydroxylation is 1. The van der Waals surface area contributed by atoms with E-state index >= 15 is 0 Å². The second-order valence-corrected chi connectivity index (χ2v) is 6.82. The van der Waals surface area contributed by atoms with Crippen molar-refractivity contribution in [2.24, 2.45) is 0 Å². The van der Waals surface area contributed by atoms with Crippen LogP contribution in [0.5, 0.6) is 0 Å². The molecule has 3 aromatic rings. The van der Waals surface area contributed by atoms with Gasteiger partial charge < -0.3 is 9.80 Å². The van der Waals surface area contributed by atoms with E-state index in [0.29, 0.717) is 0 Å². The van der Waals surface area contributed by atoms with Crippen LogP contribution in [0.1, 0.15) is 4.88 Å². The molecule has 0 N–H and O–H groups in total. The molecule has 0 spiro atoms. The first kappa shape index (κ1) is 13.5. The van der Waals surface area contributed by atoms with Crippen molar-refractivity contribution in [3.63, 3.8) is 0 Å². The molecule has 1 aliphatic heterocycles. The van der Waals surface area contributed by atoms with E-state index in [9.17, 15) is 0 Å². The zero-order valence-electron chi connectivity index (χ0n) is 12.6. The molecular formula is C17H18N4S. The van der Waals surface area contributed by atoms with E-state index < -0.39 is 0 Å². The highest BCUT2D eigenvalue weighted by Gasteiger charge is 2.20. The van der Waals surface area contributed by atoms with Crippen LogP contribution in [0, 0.1) is 6.92 Å². The number of piperazine rings is 1. The van der Waals surface area contributed by atoms with Crippen LogP contribution < -0.4 is 9.80 Å². The van der Waals surface area contributed by atoms with Gasteiger partial charge in [0, 0.05) is 36.7 Å². The Bertz CT molecular complexity index is 776. The van der Waals surface area contributed by atoms with E-state index in [1.54, 1.807) is 17.7 Å². The fourth-order valence-electron chi connectivity index (χ4n) is 3.03. The third-order valence-corrected chi connectivity index (χ3v) is 5.09. The van der Waals surface area contributed by atoms with Crippen molar-refractivity contribution in [1.29, 1.82) is 0 Å². The monoisotopic (exact) mass is 310 g/mol. The SMILES string of the molecule is Cc1cc2c(N3CCN(c4ccccc4)CC3)ncnc2s1. The van der Waals surface area contributed by atoms with Gasteiger partial charge >= 0.3 is 0 Å². The number of fused-ring (bicyclic) bond motifs is 1. The Hall–Kier alpha value is -2.14. The molecule has 0 atom stereocenters. The summed E-state index contributed by atoms with van der Waals surface area (Å²) in [6.45, 7) is 6.17. The molecule has 0 unspecified atom stereocenters. The number of rotatable bonds is 2. The van der Waals surface area contributed by atoms with Crippen LogP contribution in [0.15, 0.2) is 42.7 Å². The summed E-state index contributed by atoms with van der Waals surface area (Å²) in [5.74, 6) is 1.09. The van der Waals surface area contributed by atoms with Crippen molar-refractivity contribution in [3.05, 3.63) is 47.6 Å². The molecule has 22 heavy (non-hydrogen) atoms. The average Bonchev–Trinajstić information content (AvgIpc) is 2.96. The minimum atomic E-state index is 0.996. The summed E-state index contributed by atoms with van der Waals surface area (Å²) < 4.78 is 0. The van der Waals surface area contributed by atoms with Gasteiger partial charge in [0.25, 0.3) is 0 Å². The lowest BCUT2D eigenvalue weighted by molar-refractivity contribution is 0.649. The van der Waals surface area contributed by atoms with Gasteiger partial charge in [-0.3, -0.25) is 0 Å². The van der Waals surface area contributed by atoms with E-state index in [2.05, 4.69) is 63.1 Å². The van der Waals surface area contributed by atoms with Crippen LogP contribution in [-0.2, 0) is 0 Å². The fraction of sp³-hybridized carbons (Fsp3) is 0.294. The molecule has 1 fully saturated rings. The van der Waals surface area contributed by atoms with E-state index in [1.165, 1.54) is 16.0 Å². The van der Waals surface area contributed by atoms with Gasteiger partial charge in [-0.2, -0.15) is 0 Å². The second kappa shape index (κ2) is 5.57. The summed E-state index contributed by atoms with van der Waals surface area (Å²) >= 11 is 1.74. The molecule has 2 aromatic heterocycles. The maximum atomic E-state index is 4.54. The number of anilines is 2. The van der Waals surface area contributed by atoms with Crippen molar-refractivity contribution in [2.75, 3.05) is 36.0 Å². The first-order chi connectivity index (χ1) is 10.8. The van der Waals surface area contributed by atoms with Crippen molar-refractivity contribution >= 4 is 33.1 Å². The number of aromatic nitrogens is 2. The zero-order chi connectivity index (χ0) is 14.9. The Kier molecular flexibility index (Phi) is 3.42. The van der Waals surface area contributed by atoms with Crippen molar-refractivity contribution < 1.29 is 0 Å². The summed E-state index contributed by atoms with van der Waals surface area (Å²) in [5.41, 5.74) is 1.31. The number of para-hydroxylation sites is 1. The van der Waals surface area contributed by atoms with Crippen LogP contribution >= 0.6 is 11.3 Å². The molecular weight excluding hydrogens is 292 g/mol. The molecule has 5 heteroatoms. The smallest absolute Gasteiger partial charge is 0.140 e. The maximum absolute atomic E-state index is 4.54. The molecule has 1 aliphatic rings. The molecule has 0 amide bonds. The van der Waals surface area contributed by atoms with Gasteiger partial charge in [0.2, 0.25) is 0 Å². The molecule has 4 nitrogen and oxygen atoms in total. The van der Waals surface area contributed by atoms with Gasteiger partial charge in [-0.05, 0) is 25.1 Å². The largest absolute Gasteiger partial charge is 0.368 e. The van der Waals surface area contributed by atoms with Crippen molar-refractivity contribution in [1.82, 2.24) is 9.97 Å². The topological polar surface area (TPSA) is 32.3 Å². The fourth-order valence-corrected chi connectivity index (χ4v) is 3.87. The normalized spacial score (nSPS) is 15.5. The summed E-state index contributed by atoms with van der Waals surface area (Å²) in [4.78, 5) is 16.1. The van der Waals surface area contributed by atoms with E-state index in [0.717, 1.165) is 36.8 Å². The highest BCUT2D eigenvalue weighted by molar-refractivity contribution is 7.18. The Morgan fingerprint density at radius 2 is 1.68 bits per heavy atom. The van der Waals surface area contributed by atoms with Gasteiger partial charge in [-0.25, -0.2) is 9.97 Å². The Labute approximate surface area is 134 Å². The summed E-state index contributed by atoms with van der Waals surface area (Å²) in [6, 6.07) is 12.8. The van der Waals surface area contributed by atoms with Crippen LogP contribution in [0.25, 0.3) is 10.2 Å². The minimum absolute atomic E-state index is 0.996. The maximum Gasteiger partial charge on any atom is 0.140 e. The molecule has 0 bridgehead atoms. The van der Waals surface area contributed by atoms with Gasteiger partial charge in [-0.1, -0.05) is 18.2 Å². The predicted molar refractivity (Wildman–Crippen MR) is 93.0 cm³/mol. The number of hydrogen-bond donors (Lipinski definition) is 0. The molecule has 1 aromatic carbocycles. The summed E-state index contributed by atoms with van der Waals surface area (Å²) in [6.07, 6.45) is 1.69. The van der Waals surface area contributed by atoms with E-state index in [4.69, 9.17) is 0 Å². The lowest BCUT2D eigenvalue weighted by Gasteiger charge is -2.36. The van der Waals surface area contributed by atoms with Crippen molar-refractivity contribution in [2.45, 2.75) is 6.92 Å².